The molecule has 114 valence electrons. The molecule has 20 heavy (non-hydrogen) atoms. The van der Waals surface area contributed by atoms with Crippen LogP contribution in [0.4, 0.5) is 9.18 Å². The first-order valence-electron chi connectivity index (χ1n) is 6.24. The van der Waals surface area contributed by atoms with Gasteiger partial charge >= 0.3 is 12.1 Å². The van der Waals surface area contributed by atoms with Crippen molar-refractivity contribution in [2.24, 2.45) is 11.8 Å². The molecule has 1 aliphatic rings. The third-order valence-corrected chi connectivity index (χ3v) is 3.34. The number of esters is 1. The smallest absolute Gasteiger partial charge is 0.467 e. The molecule has 1 rings (SSSR count). The van der Waals surface area contributed by atoms with E-state index in [1.54, 1.807) is 13.8 Å². The molecule has 1 heterocycles. The van der Waals surface area contributed by atoms with Crippen LogP contribution in [0.25, 0.3) is 0 Å². The van der Waals surface area contributed by atoms with Crippen LogP contribution in [-0.2, 0) is 23.7 Å². The first-order valence-corrected chi connectivity index (χ1v) is 6.24. The Balaban J connectivity index is 2.69. The minimum Gasteiger partial charge on any atom is -0.467 e. The van der Waals surface area contributed by atoms with Gasteiger partial charge in [0.1, 0.15) is 6.61 Å². The van der Waals surface area contributed by atoms with E-state index in [-0.39, 0.29) is 12.5 Å². The molecule has 2 unspecified atom stereocenters. The summed E-state index contributed by atoms with van der Waals surface area (Å²) in [5, 5.41) is 0. The van der Waals surface area contributed by atoms with Crippen LogP contribution < -0.4 is 0 Å². The maximum atomic E-state index is 13.9. The van der Waals surface area contributed by atoms with Gasteiger partial charge in [0.15, 0.2) is 12.2 Å². The fourth-order valence-electron chi connectivity index (χ4n) is 1.97. The minimum atomic E-state index is -1.92. The topological polar surface area (TPSA) is 71.1 Å². The summed E-state index contributed by atoms with van der Waals surface area (Å²) in [4.78, 5) is 22.8. The van der Waals surface area contributed by atoms with E-state index in [0.717, 1.165) is 0 Å². The Bertz CT molecular complexity index is 372. The Kier molecular flexibility index (Phi) is 5.94. The largest absolute Gasteiger partial charge is 0.509 e. The lowest BCUT2D eigenvalue weighted by atomic mass is 9.84. The van der Waals surface area contributed by atoms with Crippen molar-refractivity contribution in [1.29, 1.82) is 0 Å². The molecule has 0 aliphatic carbocycles. The Hall–Kier alpha value is -1.63. The van der Waals surface area contributed by atoms with Crippen LogP contribution in [-0.4, -0.2) is 44.4 Å². The zero-order valence-electron chi connectivity index (χ0n) is 11.7. The van der Waals surface area contributed by atoms with Gasteiger partial charge in [0.05, 0.1) is 7.11 Å². The van der Waals surface area contributed by atoms with Crippen LogP contribution in [0.5, 0.6) is 0 Å². The summed E-state index contributed by atoms with van der Waals surface area (Å²) in [5.41, 5.74) is 0. The molecule has 6 nitrogen and oxygen atoms in total. The van der Waals surface area contributed by atoms with Gasteiger partial charge in [-0.15, -0.1) is 0 Å². The van der Waals surface area contributed by atoms with Gasteiger partial charge in [0.2, 0.25) is 6.36 Å². The lowest BCUT2D eigenvalue weighted by molar-refractivity contribution is -0.228. The number of methoxy groups -OCH3 is 1. The average molecular weight is 290 g/mol. The van der Waals surface area contributed by atoms with Gasteiger partial charge in [-0.3, -0.25) is 0 Å². The van der Waals surface area contributed by atoms with Crippen LogP contribution >= 0.6 is 0 Å². The maximum Gasteiger partial charge on any atom is 0.509 e. The second-order valence-electron chi connectivity index (χ2n) is 4.58. The highest BCUT2D eigenvalue weighted by molar-refractivity contribution is 5.75. The number of alkyl halides is 1. The van der Waals surface area contributed by atoms with E-state index in [4.69, 9.17) is 9.47 Å². The lowest BCUT2D eigenvalue weighted by Crippen LogP contribution is -2.52. The molecule has 0 bridgehead atoms. The molecule has 1 aliphatic heterocycles. The Morgan fingerprint density at radius 2 is 2.00 bits per heavy atom. The molecular formula is C13H19FO6. The summed E-state index contributed by atoms with van der Waals surface area (Å²) < 4.78 is 32.9. The molecule has 0 N–H and O–H groups in total. The van der Waals surface area contributed by atoms with E-state index in [1.807, 2.05) is 0 Å². The molecule has 5 atom stereocenters. The Morgan fingerprint density at radius 1 is 1.35 bits per heavy atom. The highest BCUT2D eigenvalue weighted by Crippen LogP contribution is 2.34. The molecule has 0 amide bonds. The predicted octanol–water partition coefficient (Wildman–Crippen LogP) is 1.83. The first kappa shape index (κ1) is 16.4. The summed E-state index contributed by atoms with van der Waals surface area (Å²) in [5.74, 6) is -1.45. The van der Waals surface area contributed by atoms with Crippen molar-refractivity contribution in [3.63, 3.8) is 0 Å². The predicted molar refractivity (Wildman–Crippen MR) is 66.5 cm³/mol. The maximum absolute atomic E-state index is 13.9. The van der Waals surface area contributed by atoms with E-state index in [2.05, 4.69) is 16.1 Å². The zero-order valence-corrected chi connectivity index (χ0v) is 11.7. The second kappa shape index (κ2) is 7.23. The second-order valence-corrected chi connectivity index (χ2v) is 4.58. The molecule has 1 fully saturated rings. The van der Waals surface area contributed by atoms with Gasteiger partial charge in [0, 0.05) is 5.92 Å². The highest BCUT2D eigenvalue weighted by Gasteiger charge is 2.47. The van der Waals surface area contributed by atoms with E-state index < -0.39 is 36.6 Å². The van der Waals surface area contributed by atoms with E-state index in [9.17, 15) is 14.0 Å². The van der Waals surface area contributed by atoms with Crippen molar-refractivity contribution in [2.45, 2.75) is 32.4 Å². The normalized spacial score (nSPS) is 33.1. The molecule has 1 saturated heterocycles. The number of hydrogen-bond donors (Lipinski definition) is 0. The van der Waals surface area contributed by atoms with Gasteiger partial charge in [-0.05, 0) is 5.92 Å². The number of carbonyl (C=O) groups excluding carboxylic acids is 2. The van der Waals surface area contributed by atoms with Gasteiger partial charge in [-0.1, -0.05) is 26.5 Å². The molecular weight excluding hydrogens is 271 g/mol. The molecule has 7 heteroatoms. The van der Waals surface area contributed by atoms with Crippen LogP contribution in [0.3, 0.4) is 0 Å². The number of ether oxygens (including phenoxy) is 4. The third-order valence-electron chi connectivity index (χ3n) is 3.34. The Morgan fingerprint density at radius 3 is 2.55 bits per heavy atom. The molecule has 0 aromatic rings. The van der Waals surface area contributed by atoms with Gasteiger partial charge in [0.25, 0.3) is 0 Å². The minimum absolute atomic E-state index is 0.0297. The molecule has 0 radical (unpaired) electrons. The zero-order chi connectivity index (χ0) is 15.3. The van der Waals surface area contributed by atoms with E-state index in [1.165, 1.54) is 13.2 Å². The number of hydrogen-bond acceptors (Lipinski definition) is 6. The van der Waals surface area contributed by atoms with Crippen molar-refractivity contribution < 1.29 is 32.9 Å². The number of halogens is 1. The van der Waals surface area contributed by atoms with Crippen LogP contribution in [0.1, 0.15) is 13.8 Å². The molecule has 0 aromatic heterocycles. The van der Waals surface area contributed by atoms with Crippen LogP contribution in [0, 0.1) is 11.8 Å². The summed E-state index contributed by atoms with van der Waals surface area (Å²) in [7, 11) is 1.20. The van der Waals surface area contributed by atoms with Crippen molar-refractivity contribution >= 4 is 12.1 Å². The third kappa shape index (κ3) is 3.69. The van der Waals surface area contributed by atoms with Crippen molar-refractivity contribution in [3.05, 3.63) is 12.7 Å². The fourth-order valence-corrected chi connectivity index (χ4v) is 1.97. The molecule has 0 spiro atoms. The summed E-state index contributed by atoms with van der Waals surface area (Å²) in [6, 6.07) is 0. The lowest BCUT2D eigenvalue weighted by Gasteiger charge is -2.39. The van der Waals surface area contributed by atoms with Crippen LogP contribution in [0.2, 0.25) is 0 Å². The van der Waals surface area contributed by atoms with Crippen molar-refractivity contribution in [3.8, 4) is 0 Å². The van der Waals surface area contributed by atoms with Gasteiger partial charge < -0.3 is 18.9 Å². The summed E-state index contributed by atoms with van der Waals surface area (Å²) in [6.45, 7) is 6.71. The highest BCUT2D eigenvalue weighted by atomic mass is 19.1. The molecule has 0 saturated carbocycles. The summed E-state index contributed by atoms with van der Waals surface area (Å²) in [6.07, 6.45) is -3.71. The monoisotopic (exact) mass is 290 g/mol. The summed E-state index contributed by atoms with van der Waals surface area (Å²) >= 11 is 0. The van der Waals surface area contributed by atoms with Crippen molar-refractivity contribution in [1.82, 2.24) is 0 Å². The quantitative estimate of drug-likeness (QED) is 0.581. The first-order chi connectivity index (χ1) is 9.42. The van der Waals surface area contributed by atoms with E-state index >= 15 is 0 Å². The van der Waals surface area contributed by atoms with Crippen LogP contribution in [0.15, 0.2) is 12.7 Å². The van der Waals surface area contributed by atoms with E-state index in [0.29, 0.717) is 0 Å². The number of carbonyl (C=O) groups is 2. The average Bonchev–Trinajstić information content (AvgIpc) is 2.44. The van der Waals surface area contributed by atoms with Gasteiger partial charge in [-0.2, -0.15) is 0 Å². The standard InChI is InChI=1S/C13H19FO6/c1-5-6-18-13(16)20-9-7(2)8(3)10(12(15)17-4)19-11(9)14/h5,7-11H,1,6H2,2-4H3/t7-,8-,9?,10?,11+/m0/s1. The van der Waals surface area contributed by atoms with Gasteiger partial charge in [-0.25, -0.2) is 14.0 Å². The van der Waals surface area contributed by atoms with Crippen molar-refractivity contribution in [2.75, 3.05) is 13.7 Å². The molecule has 0 aromatic carbocycles. The SMILES string of the molecule is C=CCOC(=O)OC1[C@H](F)OC(C(=O)OC)[C@@H](C)[C@@H]1C. The Labute approximate surface area is 116 Å². The fraction of sp³-hybridized carbons (Fsp3) is 0.692. The number of rotatable bonds is 4.